The molecule has 25 heavy (non-hydrogen) atoms. The van der Waals surface area contributed by atoms with E-state index in [0.717, 1.165) is 37.3 Å². The number of rotatable bonds is 2. The van der Waals surface area contributed by atoms with E-state index in [9.17, 15) is 5.11 Å². The number of anilines is 1. The summed E-state index contributed by atoms with van der Waals surface area (Å²) in [5.41, 5.74) is 9.65. The zero-order valence-electron chi connectivity index (χ0n) is 14.3. The second-order valence-corrected chi connectivity index (χ2v) is 7.78. The molecule has 5 heteroatoms. The molecular formula is C20H24N4O. The summed E-state index contributed by atoms with van der Waals surface area (Å²) in [7, 11) is 0. The molecule has 3 N–H and O–H groups in total. The molecule has 1 aliphatic heterocycles. The van der Waals surface area contributed by atoms with Crippen molar-refractivity contribution in [2.24, 2.45) is 5.73 Å². The summed E-state index contributed by atoms with van der Waals surface area (Å²) >= 11 is 0. The van der Waals surface area contributed by atoms with Gasteiger partial charge in [-0.3, -0.25) is 0 Å². The number of nitrogens with zero attached hydrogens (tertiary/aromatic N) is 3. The Balaban J connectivity index is 1.40. The van der Waals surface area contributed by atoms with Crippen LogP contribution in [-0.4, -0.2) is 34.3 Å². The number of piperidine rings is 1. The first-order valence-corrected chi connectivity index (χ1v) is 9.29. The number of aromatic nitrogens is 2. The average molecular weight is 336 g/mol. The number of aliphatic hydroxyl groups excluding tert-OH is 1. The first kappa shape index (κ1) is 15.3. The molecule has 1 saturated carbocycles. The van der Waals surface area contributed by atoms with Crippen LogP contribution in [0.2, 0.25) is 0 Å². The van der Waals surface area contributed by atoms with Gasteiger partial charge in [0, 0.05) is 36.2 Å². The Kier molecular flexibility index (Phi) is 3.37. The molecule has 1 spiro atoms. The number of benzene rings is 1. The van der Waals surface area contributed by atoms with Crippen molar-refractivity contribution in [3.63, 3.8) is 0 Å². The van der Waals surface area contributed by atoms with Gasteiger partial charge in [0.15, 0.2) is 0 Å². The molecule has 0 amide bonds. The van der Waals surface area contributed by atoms with Crippen molar-refractivity contribution in [3.05, 3.63) is 53.5 Å². The molecule has 1 aromatic carbocycles. The maximum Gasteiger partial charge on any atom is 0.132 e. The summed E-state index contributed by atoms with van der Waals surface area (Å²) in [6.07, 6.45) is 5.51. The molecular weight excluding hydrogens is 312 g/mol. The Labute approximate surface area is 147 Å². The summed E-state index contributed by atoms with van der Waals surface area (Å²) in [4.78, 5) is 11.3. The van der Waals surface area contributed by atoms with E-state index >= 15 is 0 Å². The van der Waals surface area contributed by atoms with Crippen molar-refractivity contribution in [2.45, 2.75) is 49.2 Å². The van der Waals surface area contributed by atoms with Gasteiger partial charge >= 0.3 is 0 Å². The standard InChI is InChI=1S/C20H24N4O/c21-18-14-3-1-2-4-15(14)20(19(18)25)7-9-24(10-8-20)17-11-16(13-5-6-13)22-12-23-17/h1-4,11-13,18-19,25H,5-10,21H2/t18-,19+/m1/s1. The van der Waals surface area contributed by atoms with E-state index in [-0.39, 0.29) is 11.5 Å². The number of hydrogen-bond acceptors (Lipinski definition) is 5. The largest absolute Gasteiger partial charge is 0.390 e. The maximum absolute atomic E-state index is 10.9. The molecule has 3 aliphatic rings. The van der Waals surface area contributed by atoms with Gasteiger partial charge in [-0.1, -0.05) is 24.3 Å². The lowest BCUT2D eigenvalue weighted by atomic mass is 9.72. The first-order valence-electron chi connectivity index (χ1n) is 9.29. The van der Waals surface area contributed by atoms with E-state index in [1.165, 1.54) is 24.1 Å². The van der Waals surface area contributed by atoms with Gasteiger partial charge in [-0.25, -0.2) is 9.97 Å². The predicted octanol–water partition coefficient (Wildman–Crippen LogP) is 2.27. The third-order valence-corrected chi connectivity index (χ3v) is 6.41. The summed E-state index contributed by atoms with van der Waals surface area (Å²) < 4.78 is 0. The van der Waals surface area contributed by atoms with E-state index in [4.69, 9.17) is 5.73 Å². The smallest absolute Gasteiger partial charge is 0.132 e. The molecule has 2 aliphatic carbocycles. The van der Waals surface area contributed by atoms with Crippen molar-refractivity contribution in [1.29, 1.82) is 0 Å². The highest BCUT2D eigenvalue weighted by atomic mass is 16.3. The summed E-state index contributed by atoms with van der Waals surface area (Å²) in [5, 5.41) is 10.9. The number of nitrogens with two attached hydrogens (primary N) is 1. The fourth-order valence-electron chi connectivity index (χ4n) is 4.75. The van der Waals surface area contributed by atoms with Crippen LogP contribution in [0.3, 0.4) is 0 Å². The van der Waals surface area contributed by atoms with Crippen molar-refractivity contribution < 1.29 is 5.11 Å². The molecule has 1 saturated heterocycles. The average Bonchev–Trinajstić information content (AvgIpc) is 3.50. The second kappa shape index (κ2) is 5.51. The molecule has 5 nitrogen and oxygen atoms in total. The molecule has 5 rings (SSSR count). The van der Waals surface area contributed by atoms with Gasteiger partial charge in [-0.2, -0.15) is 0 Å². The highest BCUT2D eigenvalue weighted by Gasteiger charge is 2.51. The first-order chi connectivity index (χ1) is 12.2. The number of fused-ring (bicyclic) bond motifs is 2. The Morgan fingerprint density at radius 1 is 1.12 bits per heavy atom. The molecule has 2 atom stereocenters. The topological polar surface area (TPSA) is 75.3 Å². The zero-order valence-corrected chi connectivity index (χ0v) is 14.3. The SMILES string of the molecule is N[C@@H]1c2ccccc2C2(CCN(c3cc(C4CC4)ncn3)CC2)[C@H]1O. The lowest BCUT2D eigenvalue weighted by Crippen LogP contribution is -2.49. The third-order valence-electron chi connectivity index (χ3n) is 6.41. The minimum Gasteiger partial charge on any atom is -0.390 e. The highest BCUT2D eigenvalue weighted by molar-refractivity contribution is 5.48. The van der Waals surface area contributed by atoms with Crippen LogP contribution >= 0.6 is 0 Å². The van der Waals surface area contributed by atoms with Crippen LogP contribution < -0.4 is 10.6 Å². The van der Waals surface area contributed by atoms with E-state index in [1.54, 1.807) is 6.33 Å². The van der Waals surface area contributed by atoms with Crippen LogP contribution in [0.15, 0.2) is 36.7 Å². The molecule has 2 heterocycles. The molecule has 0 radical (unpaired) electrons. The Bertz CT molecular complexity index is 796. The highest BCUT2D eigenvalue weighted by Crippen LogP contribution is 2.50. The van der Waals surface area contributed by atoms with Gasteiger partial charge in [0.05, 0.1) is 12.1 Å². The van der Waals surface area contributed by atoms with Crippen LogP contribution in [0.4, 0.5) is 5.82 Å². The van der Waals surface area contributed by atoms with E-state index < -0.39 is 6.10 Å². The van der Waals surface area contributed by atoms with Crippen molar-refractivity contribution in [2.75, 3.05) is 18.0 Å². The van der Waals surface area contributed by atoms with Crippen LogP contribution in [0.25, 0.3) is 0 Å². The summed E-state index contributed by atoms with van der Waals surface area (Å²) in [5.74, 6) is 1.66. The minimum absolute atomic E-state index is 0.209. The second-order valence-electron chi connectivity index (χ2n) is 7.78. The Morgan fingerprint density at radius 3 is 2.64 bits per heavy atom. The maximum atomic E-state index is 10.9. The monoisotopic (exact) mass is 336 g/mol. The molecule has 130 valence electrons. The van der Waals surface area contributed by atoms with Gasteiger partial charge in [0.1, 0.15) is 12.1 Å². The molecule has 0 bridgehead atoms. The summed E-state index contributed by atoms with van der Waals surface area (Å²) in [6, 6.07) is 10.2. The Morgan fingerprint density at radius 2 is 1.88 bits per heavy atom. The summed E-state index contributed by atoms with van der Waals surface area (Å²) in [6.45, 7) is 1.78. The van der Waals surface area contributed by atoms with E-state index in [2.05, 4.69) is 39.1 Å². The molecule has 2 fully saturated rings. The van der Waals surface area contributed by atoms with Gasteiger partial charge < -0.3 is 15.7 Å². The van der Waals surface area contributed by atoms with Gasteiger partial charge in [-0.05, 0) is 36.8 Å². The van der Waals surface area contributed by atoms with Crippen LogP contribution in [0, 0.1) is 0 Å². The zero-order chi connectivity index (χ0) is 17.0. The Hall–Kier alpha value is -1.98. The number of hydrogen-bond donors (Lipinski definition) is 2. The third kappa shape index (κ3) is 2.29. The van der Waals surface area contributed by atoms with Crippen molar-refractivity contribution in [3.8, 4) is 0 Å². The van der Waals surface area contributed by atoms with Crippen LogP contribution in [0.1, 0.15) is 54.5 Å². The number of aliphatic hydroxyl groups is 1. The molecule has 0 unspecified atom stereocenters. The van der Waals surface area contributed by atoms with Crippen LogP contribution in [0.5, 0.6) is 0 Å². The van der Waals surface area contributed by atoms with Crippen molar-refractivity contribution >= 4 is 5.82 Å². The molecule has 2 aromatic rings. The minimum atomic E-state index is -0.500. The fraction of sp³-hybridized carbons (Fsp3) is 0.500. The van der Waals surface area contributed by atoms with Crippen LogP contribution in [-0.2, 0) is 5.41 Å². The quantitative estimate of drug-likeness (QED) is 0.880. The normalized spacial score (nSPS) is 27.5. The fourth-order valence-corrected chi connectivity index (χ4v) is 4.75. The van der Waals surface area contributed by atoms with Gasteiger partial charge in [0.25, 0.3) is 0 Å². The lowest BCUT2D eigenvalue weighted by Gasteiger charge is -2.43. The van der Waals surface area contributed by atoms with Crippen molar-refractivity contribution in [1.82, 2.24) is 9.97 Å². The molecule has 1 aromatic heterocycles. The predicted molar refractivity (Wildman–Crippen MR) is 96.5 cm³/mol. The van der Waals surface area contributed by atoms with Gasteiger partial charge in [0.2, 0.25) is 0 Å². The van der Waals surface area contributed by atoms with Gasteiger partial charge in [-0.15, -0.1) is 0 Å². The van der Waals surface area contributed by atoms with E-state index in [1.807, 2.05) is 6.07 Å². The van der Waals surface area contributed by atoms with E-state index in [0.29, 0.717) is 5.92 Å². The lowest BCUT2D eigenvalue weighted by molar-refractivity contribution is 0.0582.